The molecule has 0 amide bonds. The Bertz CT molecular complexity index is 451. The molecule has 2 rings (SSSR count). The minimum atomic E-state index is 0.685. The molecule has 15 heavy (non-hydrogen) atoms. The molecule has 0 aliphatic rings. The number of ether oxygens (including phenoxy) is 1. The van der Waals surface area contributed by atoms with Gasteiger partial charge in [-0.2, -0.15) is 5.10 Å². The fraction of sp³-hybridized carbons (Fsp3) is 0.273. The lowest BCUT2D eigenvalue weighted by Crippen LogP contribution is -2.02. The van der Waals surface area contributed by atoms with Gasteiger partial charge in [-0.1, -0.05) is 18.2 Å². The van der Waals surface area contributed by atoms with Crippen molar-refractivity contribution in [2.75, 3.05) is 7.11 Å². The van der Waals surface area contributed by atoms with Crippen molar-refractivity contribution >= 4 is 0 Å². The zero-order valence-electron chi connectivity index (χ0n) is 8.84. The molecule has 0 aliphatic carbocycles. The van der Waals surface area contributed by atoms with Crippen LogP contribution in [-0.4, -0.2) is 21.9 Å². The molecule has 0 saturated heterocycles. The van der Waals surface area contributed by atoms with Gasteiger partial charge in [0.05, 0.1) is 13.7 Å². The van der Waals surface area contributed by atoms with Crippen LogP contribution in [0.5, 0.6) is 5.75 Å². The molecular weight excluding hydrogens is 190 g/mol. The van der Waals surface area contributed by atoms with Gasteiger partial charge in [0.1, 0.15) is 17.9 Å². The van der Waals surface area contributed by atoms with Crippen LogP contribution in [0.1, 0.15) is 11.4 Å². The van der Waals surface area contributed by atoms with E-state index < -0.39 is 0 Å². The molecule has 0 unspecified atom stereocenters. The number of aryl methyl sites for hydroxylation is 1. The van der Waals surface area contributed by atoms with Crippen molar-refractivity contribution in [3.8, 4) is 5.75 Å². The van der Waals surface area contributed by atoms with E-state index in [2.05, 4.69) is 10.1 Å². The van der Waals surface area contributed by atoms with Gasteiger partial charge in [0.15, 0.2) is 0 Å². The van der Waals surface area contributed by atoms with E-state index in [9.17, 15) is 0 Å². The Morgan fingerprint density at radius 1 is 1.33 bits per heavy atom. The van der Waals surface area contributed by atoms with E-state index in [1.54, 1.807) is 18.1 Å². The number of nitrogens with zero attached hydrogens (tertiary/aromatic N) is 3. The van der Waals surface area contributed by atoms with E-state index in [1.165, 1.54) is 0 Å². The summed E-state index contributed by atoms with van der Waals surface area (Å²) in [6.07, 6.45) is 1.72. The van der Waals surface area contributed by atoms with Crippen LogP contribution in [0.3, 0.4) is 0 Å². The highest BCUT2D eigenvalue weighted by atomic mass is 16.5. The average molecular weight is 203 g/mol. The predicted molar refractivity (Wildman–Crippen MR) is 56.9 cm³/mol. The maximum absolute atomic E-state index is 5.26. The van der Waals surface area contributed by atoms with Crippen LogP contribution in [0, 0.1) is 6.92 Å². The number of hydrogen-bond acceptors (Lipinski definition) is 3. The van der Waals surface area contributed by atoms with E-state index in [1.807, 2.05) is 31.2 Å². The molecular formula is C11H13N3O. The standard InChI is InChI=1S/C11H13N3O/c1-9-12-8-14(13-9)7-10-5-3-4-6-11(10)15-2/h3-6,8H,7H2,1-2H3. The summed E-state index contributed by atoms with van der Waals surface area (Å²) in [7, 11) is 1.67. The molecule has 2 aromatic rings. The van der Waals surface area contributed by atoms with Crippen LogP contribution in [0.15, 0.2) is 30.6 Å². The fourth-order valence-electron chi connectivity index (χ4n) is 1.47. The highest BCUT2D eigenvalue weighted by molar-refractivity contribution is 5.33. The van der Waals surface area contributed by atoms with Crippen molar-refractivity contribution in [2.45, 2.75) is 13.5 Å². The van der Waals surface area contributed by atoms with Crippen LogP contribution in [0.2, 0.25) is 0 Å². The van der Waals surface area contributed by atoms with Gasteiger partial charge in [-0.3, -0.25) is 0 Å². The molecule has 1 heterocycles. The summed E-state index contributed by atoms with van der Waals surface area (Å²) in [6, 6.07) is 7.91. The van der Waals surface area contributed by atoms with E-state index in [0.717, 1.165) is 17.1 Å². The topological polar surface area (TPSA) is 39.9 Å². The number of aromatic nitrogens is 3. The lowest BCUT2D eigenvalue weighted by molar-refractivity contribution is 0.407. The Labute approximate surface area is 88.5 Å². The third-order valence-electron chi connectivity index (χ3n) is 2.18. The summed E-state index contributed by atoms with van der Waals surface area (Å²) in [4.78, 5) is 4.08. The summed E-state index contributed by atoms with van der Waals surface area (Å²) in [5.41, 5.74) is 1.10. The molecule has 78 valence electrons. The molecule has 1 aromatic heterocycles. The maximum Gasteiger partial charge on any atom is 0.147 e. The quantitative estimate of drug-likeness (QED) is 0.761. The molecule has 0 spiro atoms. The van der Waals surface area contributed by atoms with E-state index in [0.29, 0.717) is 6.54 Å². The summed E-state index contributed by atoms with van der Waals surface area (Å²) in [5.74, 6) is 1.66. The lowest BCUT2D eigenvalue weighted by atomic mass is 10.2. The monoisotopic (exact) mass is 203 g/mol. The van der Waals surface area contributed by atoms with Crippen LogP contribution < -0.4 is 4.74 Å². The Morgan fingerprint density at radius 2 is 2.13 bits per heavy atom. The molecule has 0 atom stereocenters. The largest absolute Gasteiger partial charge is 0.496 e. The van der Waals surface area contributed by atoms with Crippen molar-refractivity contribution in [3.05, 3.63) is 42.0 Å². The summed E-state index contributed by atoms with van der Waals surface area (Å²) >= 11 is 0. The van der Waals surface area contributed by atoms with Gasteiger partial charge >= 0.3 is 0 Å². The summed E-state index contributed by atoms with van der Waals surface area (Å²) in [6.45, 7) is 2.56. The second kappa shape index (κ2) is 4.13. The van der Waals surface area contributed by atoms with E-state index >= 15 is 0 Å². The molecule has 1 aromatic carbocycles. The van der Waals surface area contributed by atoms with Gasteiger partial charge in [-0.25, -0.2) is 9.67 Å². The predicted octanol–water partition coefficient (Wildman–Crippen LogP) is 1.64. The third kappa shape index (κ3) is 2.15. The SMILES string of the molecule is COc1ccccc1Cn1cnc(C)n1. The van der Waals surface area contributed by atoms with Gasteiger partial charge in [-0.05, 0) is 13.0 Å². The second-order valence-electron chi connectivity index (χ2n) is 3.30. The summed E-state index contributed by atoms with van der Waals surface area (Å²) in [5, 5.41) is 4.23. The van der Waals surface area contributed by atoms with Gasteiger partial charge in [0, 0.05) is 5.56 Å². The van der Waals surface area contributed by atoms with Crippen LogP contribution in [-0.2, 0) is 6.54 Å². The van der Waals surface area contributed by atoms with Crippen molar-refractivity contribution in [1.29, 1.82) is 0 Å². The first-order valence-electron chi connectivity index (χ1n) is 4.77. The number of rotatable bonds is 3. The first-order chi connectivity index (χ1) is 7.29. The van der Waals surface area contributed by atoms with Gasteiger partial charge in [0.2, 0.25) is 0 Å². The molecule has 0 fully saturated rings. The van der Waals surface area contributed by atoms with Gasteiger partial charge < -0.3 is 4.74 Å². The van der Waals surface area contributed by atoms with Crippen molar-refractivity contribution in [3.63, 3.8) is 0 Å². The molecule has 0 N–H and O–H groups in total. The number of methoxy groups -OCH3 is 1. The first kappa shape index (κ1) is 9.71. The van der Waals surface area contributed by atoms with Crippen LogP contribution in [0.25, 0.3) is 0 Å². The first-order valence-corrected chi connectivity index (χ1v) is 4.77. The molecule has 4 nitrogen and oxygen atoms in total. The number of benzene rings is 1. The molecule has 0 aliphatic heterocycles. The third-order valence-corrected chi connectivity index (χ3v) is 2.18. The Balaban J connectivity index is 2.23. The van der Waals surface area contributed by atoms with E-state index in [4.69, 9.17) is 4.74 Å². The van der Waals surface area contributed by atoms with Crippen molar-refractivity contribution < 1.29 is 4.74 Å². The summed E-state index contributed by atoms with van der Waals surface area (Å²) < 4.78 is 7.06. The minimum absolute atomic E-state index is 0.685. The number of para-hydroxylation sites is 1. The number of hydrogen-bond donors (Lipinski definition) is 0. The van der Waals surface area contributed by atoms with Crippen LogP contribution in [0.4, 0.5) is 0 Å². The van der Waals surface area contributed by atoms with Crippen molar-refractivity contribution in [2.24, 2.45) is 0 Å². The Hall–Kier alpha value is -1.84. The smallest absolute Gasteiger partial charge is 0.147 e. The van der Waals surface area contributed by atoms with Crippen LogP contribution >= 0.6 is 0 Å². The van der Waals surface area contributed by atoms with Gasteiger partial charge in [-0.15, -0.1) is 0 Å². The molecule has 0 bridgehead atoms. The molecule has 0 radical (unpaired) electrons. The fourth-order valence-corrected chi connectivity index (χ4v) is 1.47. The van der Waals surface area contributed by atoms with E-state index in [-0.39, 0.29) is 0 Å². The minimum Gasteiger partial charge on any atom is -0.496 e. The highest BCUT2D eigenvalue weighted by Gasteiger charge is 2.03. The lowest BCUT2D eigenvalue weighted by Gasteiger charge is -2.07. The molecule has 0 saturated carbocycles. The zero-order chi connectivity index (χ0) is 10.7. The Morgan fingerprint density at radius 3 is 2.80 bits per heavy atom. The zero-order valence-corrected chi connectivity index (χ0v) is 8.84. The highest BCUT2D eigenvalue weighted by Crippen LogP contribution is 2.17. The second-order valence-corrected chi connectivity index (χ2v) is 3.30. The van der Waals surface area contributed by atoms with Gasteiger partial charge in [0.25, 0.3) is 0 Å². The van der Waals surface area contributed by atoms with Crippen molar-refractivity contribution in [1.82, 2.24) is 14.8 Å². The maximum atomic E-state index is 5.26. The Kier molecular flexibility index (Phi) is 2.67. The normalized spacial score (nSPS) is 10.3. The molecule has 4 heteroatoms. The average Bonchev–Trinajstić information content (AvgIpc) is 2.65.